The molecule has 0 saturated heterocycles. The lowest BCUT2D eigenvalue weighted by Crippen LogP contribution is -2.14. The summed E-state index contributed by atoms with van der Waals surface area (Å²) in [7, 11) is 0. The van der Waals surface area contributed by atoms with Crippen LogP contribution in [0.4, 0.5) is 0 Å². The van der Waals surface area contributed by atoms with Crippen molar-refractivity contribution >= 4 is 22.9 Å². The third-order valence-corrected chi connectivity index (χ3v) is 3.61. The molecule has 2 aromatic heterocycles. The molecule has 0 N–H and O–H groups in total. The zero-order valence-electron chi connectivity index (χ0n) is 10.4. The SMILES string of the molecule is Cc1cscc1-c1nc(Cl)cc(C(C)(C)C)n1. The molecular weight excluding hydrogens is 252 g/mol. The lowest BCUT2D eigenvalue weighted by molar-refractivity contribution is 0.568. The molecule has 0 amide bonds. The first-order chi connectivity index (χ1) is 7.88. The highest BCUT2D eigenvalue weighted by molar-refractivity contribution is 7.08. The molecule has 2 heterocycles. The number of hydrogen-bond donors (Lipinski definition) is 0. The minimum absolute atomic E-state index is 0.0226. The molecule has 4 heteroatoms. The van der Waals surface area contributed by atoms with E-state index in [-0.39, 0.29) is 5.41 Å². The first-order valence-corrected chi connectivity index (χ1v) is 6.78. The molecule has 0 saturated carbocycles. The highest BCUT2D eigenvalue weighted by Gasteiger charge is 2.18. The third kappa shape index (κ3) is 2.67. The second-order valence-corrected chi connectivity index (χ2v) is 6.25. The van der Waals surface area contributed by atoms with E-state index in [1.165, 1.54) is 5.56 Å². The zero-order chi connectivity index (χ0) is 12.6. The van der Waals surface area contributed by atoms with Crippen LogP contribution in [0.3, 0.4) is 0 Å². The van der Waals surface area contributed by atoms with Gasteiger partial charge in [-0.1, -0.05) is 32.4 Å². The lowest BCUT2D eigenvalue weighted by atomic mass is 9.92. The van der Waals surface area contributed by atoms with Crippen molar-refractivity contribution in [2.24, 2.45) is 0 Å². The van der Waals surface area contributed by atoms with Crippen LogP contribution in [0.1, 0.15) is 32.0 Å². The first kappa shape index (κ1) is 12.5. The van der Waals surface area contributed by atoms with Crippen LogP contribution in [-0.2, 0) is 5.41 Å². The van der Waals surface area contributed by atoms with Crippen LogP contribution in [0, 0.1) is 6.92 Å². The Kier molecular flexibility index (Phi) is 3.23. The molecule has 0 radical (unpaired) electrons. The van der Waals surface area contributed by atoms with Crippen LogP contribution in [0.5, 0.6) is 0 Å². The molecule has 0 bridgehead atoms. The molecule has 0 fully saturated rings. The number of rotatable bonds is 1. The number of halogens is 1. The number of aryl methyl sites for hydroxylation is 1. The maximum absolute atomic E-state index is 6.08. The highest BCUT2D eigenvalue weighted by Crippen LogP contribution is 2.28. The molecule has 2 nitrogen and oxygen atoms in total. The van der Waals surface area contributed by atoms with E-state index in [0.717, 1.165) is 17.1 Å². The van der Waals surface area contributed by atoms with Crippen molar-refractivity contribution in [2.45, 2.75) is 33.1 Å². The first-order valence-electron chi connectivity index (χ1n) is 5.46. The summed E-state index contributed by atoms with van der Waals surface area (Å²) < 4.78 is 0. The van der Waals surface area contributed by atoms with Crippen molar-refractivity contribution in [3.8, 4) is 11.4 Å². The molecule has 0 atom stereocenters. The van der Waals surface area contributed by atoms with Gasteiger partial charge in [0.05, 0.1) is 5.69 Å². The standard InChI is InChI=1S/C13H15ClN2S/c1-8-6-17-7-9(8)12-15-10(13(2,3)4)5-11(14)16-12/h5-7H,1-4H3. The summed E-state index contributed by atoms with van der Waals surface area (Å²) in [5.74, 6) is 0.723. The Morgan fingerprint density at radius 3 is 2.41 bits per heavy atom. The molecule has 0 aromatic carbocycles. The van der Waals surface area contributed by atoms with Crippen molar-refractivity contribution in [3.63, 3.8) is 0 Å². The number of nitrogens with zero attached hydrogens (tertiary/aromatic N) is 2. The Hall–Kier alpha value is -0.930. The molecule has 0 spiro atoms. The van der Waals surface area contributed by atoms with Crippen molar-refractivity contribution in [3.05, 3.63) is 33.2 Å². The average molecular weight is 267 g/mol. The molecule has 2 aromatic rings. The predicted octanol–water partition coefficient (Wildman–Crippen LogP) is 4.46. The molecule has 2 rings (SSSR count). The maximum atomic E-state index is 6.08. The van der Waals surface area contributed by atoms with Crippen molar-refractivity contribution in [2.75, 3.05) is 0 Å². The van der Waals surface area contributed by atoms with Gasteiger partial charge in [0, 0.05) is 16.4 Å². The smallest absolute Gasteiger partial charge is 0.162 e. The van der Waals surface area contributed by atoms with E-state index in [2.05, 4.69) is 48.4 Å². The molecule has 90 valence electrons. The molecular formula is C13H15ClN2S. The van der Waals surface area contributed by atoms with Crippen LogP contribution in [-0.4, -0.2) is 9.97 Å². The van der Waals surface area contributed by atoms with Gasteiger partial charge in [-0.25, -0.2) is 9.97 Å². The van der Waals surface area contributed by atoms with Crippen LogP contribution in [0.15, 0.2) is 16.8 Å². The quantitative estimate of drug-likeness (QED) is 0.712. The van der Waals surface area contributed by atoms with Gasteiger partial charge in [0.25, 0.3) is 0 Å². The monoisotopic (exact) mass is 266 g/mol. The number of thiophene rings is 1. The predicted molar refractivity (Wildman–Crippen MR) is 73.8 cm³/mol. The fraction of sp³-hybridized carbons (Fsp3) is 0.385. The minimum atomic E-state index is -0.0226. The van der Waals surface area contributed by atoms with E-state index in [4.69, 9.17) is 11.6 Å². The lowest BCUT2D eigenvalue weighted by Gasteiger charge is -2.18. The van der Waals surface area contributed by atoms with Crippen molar-refractivity contribution in [1.29, 1.82) is 0 Å². The van der Waals surface area contributed by atoms with Gasteiger partial charge in [0.2, 0.25) is 0 Å². The second-order valence-electron chi connectivity index (χ2n) is 5.12. The number of aromatic nitrogens is 2. The Bertz CT molecular complexity index is 541. The summed E-state index contributed by atoms with van der Waals surface area (Å²) >= 11 is 7.73. The maximum Gasteiger partial charge on any atom is 0.162 e. The summed E-state index contributed by atoms with van der Waals surface area (Å²) in [6, 6.07) is 1.84. The van der Waals surface area contributed by atoms with Gasteiger partial charge in [-0.15, -0.1) is 0 Å². The van der Waals surface area contributed by atoms with E-state index in [9.17, 15) is 0 Å². The largest absolute Gasteiger partial charge is 0.232 e. The van der Waals surface area contributed by atoms with Crippen molar-refractivity contribution < 1.29 is 0 Å². The normalized spacial score (nSPS) is 11.8. The van der Waals surface area contributed by atoms with E-state index in [0.29, 0.717) is 5.15 Å². The second kappa shape index (κ2) is 4.39. The molecule has 0 aliphatic rings. The van der Waals surface area contributed by atoms with Crippen LogP contribution in [0.2, 0.25) is 5.15 Å². The van der Waals surface area contributed by atoms with Crippen LogP contribution in [0.25, 0.3) is 11.4 Å². The Morgan fingerprint density at radius 1 is 1.18 bits per heavy atom. The fourth-order valence-electron chi connectivity index (χ4n) is 1.51. The average Bonchev–Trinajstić information content (AvgIpc) is 2.62. The highest BCUT2D eigenvalue weighted by atomic mass is 35.5. The Balaban J connectivity index is 2.57. The van der Waals surface area contributed by atoms with E-state index in [1.807, 2.05) is 6.07 Å². The van der Waals surface area contributed by atoms with E-state index in [1.54, 1.807) is 11.3 Å². The topological polar surface area (TPSA) is 25.8 Å². The van der Waals surface area contributed by atoms with Crippen LogP contribution >= 0.6 is 22.9 Å². The van der Waals surface area contributed by atoms with Gasteiger partial charge in [0.1, 0.15) is 5.15 Å². The summed E-state index contributed by atoms with van der Waals surface area (Å²) in [5.41, 5.74) is 3.21. The van der Waals surface area contributed by atoms with Gasteiger partial charge < -0.3 is 0 Å². The summed E-state index contributed by atoms with van der Waals surface area (Å²) in [4.78, 5) is 8.93. The Morgan fingerprint density at radius 2 is 1.88 bits per heavy atom. The van der Waals surface area contributed by atoms with Crippen molar-refractivity contribution in [1.82, 2.24) is 9.97 Å². The summed E-state index contributed by atoms with van der Waals surface area (Å²) in [6.45, 7) is 8.43. The van der Waals surface area contributed by atoms with E-state index >= 15 is 0 Å². The molecule has 0 aliphatic carbocycles. The molecule has 17 heavy (non-hydrogen) atoms. The van der Waals surface area contributed by atoms with E-state index < -0.39 is 0 Å². The van der Waals surface area contributed by atoms with Gasteiger partial charge in [-0.3, -0.25) is 0 Å². The van der Waals surface area contributed by atoms with Gasteiger partial charge in [-0.05, 0) is 23.9 Å². The molecule has 0 unspecified atom stereocenters. The van der Waals surface area contributed by atoms with Gasteiger partial charge >= 0.3 is 0 Å². The third-order valence-electron chi connectivity index (χ3n) is 2.56. The summed E-state index contributed by atoms with van der Waals surface area (Å²) in [5, 5.41) is 4.66. The minimum Gasteiger partial charge on any atom is -0.232 e. The zero-order valence-corrected chi connectivity index (χ0v) is 12.0. The van der Waals surface area contributed by atoms with Gasteiger partial charge in [-0.2, -0.15) is 11.3 Å². The Labute approximate surface area is 111 Å². The summed E-state index contributed by atoms with van der Waals surface area (Å²) in [6.07, 6.45) is 0. The fourth-order valence-corrected chi connectivity index (χ4v) is 2.52. The molecule has 0 aliphatic heterocycles. The number of hydrogen-bond acceptors (Lipinski definition) is 3. The van der Waals surface area contributed by atoms with Gasteiger partial charge in [0.15, 0.2) is 5.82 Å². The van der Waals surface area contributed by atoms with Crippen LogP contribution < -0.4 is 0 Å².